The molecule has 174 valence electrons. The van der Waals surface area contributed by atoms with Crippen molar-refractivity contribution in [2.24, 2.45) is 11.5 Å². The first kappa shape index (κ1) is 32.9. The second kappa shape index (κ2) is 21.9. The fraction of sp³-hybridized carbons (Fsp3) is 1.00. The van der Waals surface area contributed by atoms with E-state index in [0.717, 1.165) is 19.3 Å². The topological polar surface area (TPSA) is 194 Å². The molecule has 0 aromatic heterocycles. The van der Waals surface area contributed by atoms with Gasteiger partial charge in [-0.3, -0.25) is 0 Å². The van der Waals surface area contributed by atoms with Gasteiger partial charge < -0.3 is 37.0 Å². The van der Waals surface area contributed by atoms with Crippen molar-refractivity contribution in [2.45, 2.75) is 74.3 Å². The minimum absolute atomic E-state index is 0.0990. The van der Waals surface area contributed by atoms with E-state index in [0.29, 0.717) is 30.9 Å². The zero-order valence-corrected chi connectivity index (χ0v) is 19.8. The monoisotopic (exact) mass is 476 g/mol. The van der Waals surface area contributed by atoms with Crippen LogP contribution in [0.3, 0.4) is 0 Å². The Morgan fingerprint density at radius 3 is 1.21 bits per heavy atom. The summed E-state index contributed by atoms with van der Waals surface area (Å²) in [5, 5.41) is 60.4. The van der Waals surface area contributed by atoms with Crippen molar-refractivity contribution < 1.29 is 35.7 Å². The minimum atomic E-state index is -0.764. The zero-order chi connectivity index (χ0) is 22.5. The summed E-state index contributed by atoms with van der Waals surface area (Å²) < 4.78 is 0. The molecule has 0 aliphatic rings. The first-order valence-corrected chi connectivity index (χ1v) is 11.5. The molecule has 2 atom stereocenters. The van der Waals surface area contributed by atoms with Crippen LogP contribution in [0.1, 0.15) is 51.9 Å². The number of aliphatic hydroxyl groups excluding tert-OH is 7. The summed E-state index contributed by atoms with van der Waals surface area (Å²) in [7, 11) is 0. The van der Waals surface area contributed by atoms with E-state index in [1.165, 1.54) is 16.9 Å². The Morgan fingerprint density at radius 1 is 0.750 bits per heavy atom. The van der Waals surface area contributed by atoms with E-state index in [9.17, 15) is 0 Å². The average Bonchev–Trinajstić information content (AvgIpc) is 2.74. The van der Waals surface area contributed by atoms with Crippen LogP contribution in [-0.4, -0.2) is 109 Å². The summed E-state index contributed by atoms with van der Waals surface area (Å²) in [6.45, 7) is 1.87. The van der Waals surface area contributed by atoms with Crippen LogP contribution in [0.25, 0.3) is 0 Å². The van der Waals surface area contributed by atoms with E-state index in [2.05, 4.69) is 0 Å². The third-order valence-corrected chi connectivity index (χ3v) is 5.46. The van der Waals surface area contributed by atoms with Crippen molar-refractivity contribution in [3.05, 3.63) is 0 Å². The van der Waals surface area contributed by atoms with Gasteiger partial charge in [0, 0.05) is 25.4 Å². The Labute approximate surface area is 178 Å². The summed E-state index contributed by atoms with van der Waals surface area (Å²) in [6.07, 6.45) is 4.44. The average molecular weight is 476 g/mol. The van der Waals surface area contributed by atoms with Crippen molar-refractivity contribution >= 4 is 16.9 Å². The Bertz CT molecular complexity index is 278. The molecule has 0 aliphatic heterocycles. The van der Waals surface area contributed by atoms with Gasteiger partial charge in [0.1, 0.15) is 0 Å². The number of nitrogens with two attached hydrogens (primary N) is 2. The molecular weight excluding hydrogens is 431 g/mol. The fourth-order valence-electron chi connectivity index (χ4n) is 2.02. The second-order valence-electron chi connectivity index (χ2n) is 6.95. The first-order valence-electron chi connectivity index (χ1n) is 9.79. The van der Waals surface area contributed by atoms with E-state index >= 15 is 0 Å². The van der Waals surface area contributed by atoms with Crippen molar-refractivity contribution in [2.75, 3.05) is 39.6 Å². The van der Waals surface area contributed by atoms with Gasteiger partial charge in [0.25, 0.3) is 0 Å². The van der Waals surface area contributed by atoms with Gasteiger partial charge in [-0.2, -0.15) is 0 Å². The Balaban J connectivity index is -0.000000376. The number of hydrogen-bond donors (Lipinski definition) is 9. The van der Waals surface area contributed by atoms with Gasteiger partial charge >= 0.3 is 45.0 Å². The molecule has 0 heterocycles. The molecule has 9 nitrogen and oxygen atoms in total. The van der Waals surface area contributed by atoms with Crippen molar-refractivity contribution in [1.82, 2.24) is 0 Å². The summed E-state index contributed by atoms with van der Waals surface area (Å²) >= 11 is 1.44. The standard InChI is InChI=1S/C10H23NO3.C5H13NO2.C3H9AsO2/c11-10(4-1-7-12,5-2-8-13)6-3-9-14;1-2-5(6,3-7)4-8;4-1-3(6)2-5/h12-14H,1-9,11H2;7-8H,2-4,6H2,1H3;3,5-6H,1-2,4H2. The quantitative estimate of drug-likeness (QED) is 0.122. The molecule has 0 aliphatic carbocycles. The summed E-state index contributed by atoms with van der Waals surface area (Å²) in [4.78, 5) is 0. The molecule has 0 spiro atoms. The molecule has 0 aromatic rings. The molecule has 0 amide bonds. The van der Waals surface area contributed by atoms with Gasteiger partial charge in [-0.15, -0.1) is 0 Å². The Kier molecular flexibility index (Phi) is 25.7. The van der Waals surface area contributed by atoms with Crippen LogP contribution in [0.2, 0.25) is 5.21 Å². The molecule has 0 fully saturated rings. The summed E-state index contributed by atoms with van der Waals surface area (Å²) in [5.74, 6) is 0. The third-order valence-electron chi connectivity index (χ3n) is 4.32. The van der Waals surface area contributed by atoms with Gasteiger partial charge in [0.05, 0.1) is 18.8 Å². The van der Waals surface area contributed by atoms with Crippen LogP contribution in [0.4, 0.5) is 0 Å². The molecule has 0 radical (unpaired) electrons. The van der Waals surface area contributed by atoms with E-state index in [4.69, 9.17) is 47.2 Å². The third kappa shape index (κ3) is 20.9. The molecule has 2 unspecified atom stereocenters. The molecule has 0 aromatic carbocycles. The zero-order valence-electron chi connectivity index (χ0n) is 17.3. The summed E-state index contributed by atoms with van der Waals surface area (Å²) in [5.41, 5.74) is 10.4. The van der Waals surface area contributed by atoms with Crippen molar-refractivity contribution in [3.8, 4) is 0 Å². The fourth-order valence-corrected chi connectivity index (χ4v) is 2.33. The van der Waals surface area contributed by atoms with Crippen LogP contribution >= 0.6 is 0 Å². The van der Waals surface area contributed by atoms with E-state index in [-0.39, 0.29) is 45.2 Å². The van der Waals surface area contributed by atoms with Crippen LogP contribution in [-0.2, 0) is 0 Å². The van der Waals surface area contributed by atoms with Crippen LogP contribution < -0.4 is 11.5 Å². The molecule has 0 saturated heterocycles. The normalized spacial score (nSPS) is 12.5. The predicted octanol–water partition coefficient (Wildman–Crippen LogP) is -2.53. The molecule has 11 N–H and O–H groups in total. The molecule has 0 bridgehead atoms. The van der Waals surface area contributed by atoms with Gasteiger partial charge in [0.15, 0.2) is 0 Å². The molecule has 0 saturated carbocycles. The number of rotatable bonds is 14. The summed E-state index contributed by atoms with van der Waals surface area (Å²) in [6, 6.07) is 0. The second-order valence-corrected chi connectivity index (χ2v) is 7.94. The van der Waals surface area contributed by atoms with Gasteiger partial charge in [-0.25, -0.2) is 0 Å². The molecular formula is C18H45AsN2O7. The first-order chi connectivity index (χ1) is 13.2. The predicted molar refractivity (Wildman–Crippen MR) is 114 cm³/mol. The van der Waals surface area contributed by atoms with Crippen molar-refractivity contribution in [1.29, 1.82) is 0 Å². The SMILES string of the molecule is CCC(N)(CO)CO.NC(CCCO)(CCCO)CCCO.OCC(O)C[AsH2]. The Morgan fingerprint density at radius 2 is 1.11 bits per heavy atom. The van der Waals surface area contributed by atoms with Gasteiger partial charge in [-0.05, 0) is 44.9 Å². The number of aliphatic hydroxyl groups is 7. The molecule has 10 heteroatoms. The van der Waals surface area contributed by atoms with Crippen LogP contribution in [0.5, 0.6) is 0 Å². The molecule has 0 rings (SSSR count). The number of hydrogen-bond acceptors (Lipinski definition) is 9. The van der Waals surface area contributed by atoms with Crippen LogP contribution in [0.15, 0.2) is 0 Å². The van der Waals surface area contributed by atoms with Gasteiger partial charge in [0.2, 0.25) is 0 Å². The van der Waals surface area contributed by atoms with Crippen LogP contribution in [0, 0.1) is 0 Å². The van der Waals surface area contributed by atoms with E-state index < -0.39 is 11.6 Å². The maximum absolute atomic E-state index is 8.73. The maximum atomic E-state index is 8.73. The Hall–Kier alpha value is 0.198. The van der Waals surface area contributed by atoms with E-state index in [1.54, 1.807) is 0 Å². The van der Waals surface area contributed by atoms with E-state index in [1.807, 2.05) is 6.92 Å². The van der Waals surface area contributed by atoms with Crippen molar-refractivity contribution in [3.63, 3.8) is 0 Å². The molecule has 28 heavy (non-hydrogen) atoms. The van der Waals surface area contributed by atoms with Gasteiger partial charge in [-0.1, -0.05) is 6.92 Å².